The summed E-state index contributed by atoms with van der Waals surface area (Å²) in [6, 6.07) is 18.7. The Hall–Kier alpha value is -4.52. The van der Waals surface area contributed by atoms with Crippen LogP contribution in [-0.4, -0.2) is 17.2 Å². The number of aldehydes is 1. The highest BCUT2D eigenvalue weighted by Crippen LogP contribution is 2.31. The lowest BCUT2D eigenvalue weighted by Gasteiger charge is -2.11. The SMILES string of the molecule is O=Cc1ccc(/C(=C\C=C\C(=O)Nc2cccc3cnccc23)c2ccc(C(F)(F)F)cc2)cc1. The number of carbonyl (C=O) groups is 2. The average molecular weight is 472 g/mol. The first-order chi connectivity index (χ1) is 16.8. The second-order valence-electron chi connectivity index (χ2n) is 7.65. The van der Waals surface area contributed by atoms with E-state index in [0.717, 1.165) is 22.9 Å². The van der Waals surface area contributed by atoms with E-state index in [1.54, 1.807) is 54.9 Å². The molecule has 0 bridgehead atoms. The smallest absolute Gasteiger partial charge is 0.322 e. The Morgan fingerprint density at radius 1 is 0.886 bits per heavy atom. The largest absolute Gasteiger partial charge is 0.416 e. The summed E-state index contributed by atoms with van der Waals surface area (Å²) in [6.45, 7) is 0. The van der Waals surface area contributed by atoms with Crippen LogP contribution in [0.15, 0.2) is 103 Å². The topological polar surface area (TPSA) is 59.1 Å². The summed E-state index contributed by atoms with van der Waals surface area (Å²) in [4.78, 5) is 27.6. The zero-order valence-corrected chi connectivity index (χ0v) is 18.3. The first-order valence-electron chi connectivity index (χ1n) is 10.6. The molecular formula is C28H19F3N2O2. The van der Waals surface area contributed by atoms with Crippen molar-refractivity contribution in [2.24, 2.45) is 0 Å². The maximum absolute atomic E-state index is 13.0. The quantitative estimate of drug-likeness (QED) is 0.193. The van der Waals surface area contributed by atoms with Crippen LogP contribution in [0, 0.1) is 0 Å². The van der Waals surface area contributed by atoms with Crippen LogP contribution >= 0.6 is 0 Å². The molecule has 0 atom stereocenters. The predicted molar refractivity (Wildman–Crippen MR) is 130 cm³/mol. The van der Waals surface area contributed by atoms with Crippen molar-refractivity contribution in [1.82, 2.24) is 4.98 Å². The number of alkyl halides is 3. The van der Waals surface area contributed by atoms with Crippen molar-refractivity contribution in [3.05, 3.63) is 126 Å². The van der Waals surface area contributed by atoms with E-state index in [9.17, 15) is 22.8 Å². The van der Waals surface area contributed by atoms with E-state index in [4.69, 9.17) is 0 Å². The fourth-order valence-electron chi connectivity index (χ4n) is 3.58. The van der Waals surface area contributed by atoms with Crippen LogP contribution in [0.3, 0.4) is 0 Å². The van der Waals surface area contributed by atoms with Crippen molar-refractivity contribution in [2.75, 3.05) is 5.32 Å². The van der Waals surface area contributed by atoms with Crippen LogP contribution in [0.4, 0.5) is 18.9 Å². The van der Waals surface area contributed by atoms with Crippen LogP contribution in [0.2, 0.25) is 0 Å². The molecule has 0 aliphatic heterocycles. The van der Waals surface area contributed by atoms with Gasteiger partial charge in [-0.05, 0) is 41.0 Å². The molecule has 1 heterocycles. The predicted octanol–water partition coefficient (Wildman–Crippen LogP) is 6.69. The number of aromatic nitrogens is 1. The van der Waals surface area contributed by atoms with Crippen molar-refractivity contribution in [3.63, 3.8) is 0 Å². The van der Waals surface area contributed by atoms with Gasteiger partial charge in [-0.25, -0.2) is 0 Å². The number of hydrogen-bond acceptors (Lipinski definition) is 3. The summed E-state index contributed by atoms with van der Waals surface area (Å²) in [7, 11) is 0. The van der Waals surface area contributed by atoms with Crippen LogP contribution < -0.4 is 5.32 Å². The van der Waals surface area contributed by atoms with E-state index in [1.165, 1.54) is 24.3 Å². The van der Waals surface area contributed by atoms with Gasteiger partial charge in [-0.1, -0.05) is 60.7 Å². The zero-order valence-electron chi connectivity index (χ0n) is 18.3. The number of allylic oxidation sites excluding steroid dienone is 2. The van der Waals surface area contributed by atoms with Gasteiger partial charge < -0.3 is 5.32 Å². The fourth-order valence-corrected chi connectivity index (χ4v) is 3.58. The molecule has 7 heteroatoms. The van der Waals surface area contributed by atoms with Crippen LogP contribution in [0.25, 0.3) is 16.3 Å². The van der Waals surface area contributed by atoms with Crippen LogP contribution in [0.1, 0.15) is 27.0 Å². The summed E-state index contributed by atoms with van der Waals surface area (Å²) in [5.74, 6) is -0.367. The second-order valence-corrected chi connectivity index (χ2v) is 7.65. The van der Waals surface area contributed by atoms with Gasteiger partial charge in [0.2, 0.25) is 5.91 Å². The lowest BCUT2D eigenvalue weighted by molar-refractivity contribution is -0.137. The third-order valence-electron chi connectivity index (χ3n) is 5.33. The minimum Gasteiger partial charge on any atom is -0.322 e. The van der Waals surface area contributed by atoms with E-state index in [-0.39, 0.29) is 5.91 Å². The molecular weight excluding hydrogens is 453 g/mol. The van der Waals surface area contributed by atoms with Gasteiger partial charge in [-0.2, -0.15) is 13.2 Å². The van der Waals surface area contributed by atoms with Gasteiger partial charge in [0.15, 0.2) is 0 Å². The molecule has 0 aliphatic carbocycles. The summed E-state index contributed by atoms with van der Waals surface area (Å²) in [5, 5.41) is 4.57. The maximum Gasteiger partial charge on any atom is 0.416 e. The summed E-state index contributed by atoms with van der Waals surface area (Å²) in [6.07, 6.45) is 4.12. The van der Waals surface area contributed by atoms with Crippen molar-refractivity contribution in [3.8, 4) is 0 Å². The number of halogens is 3. The highest BCUT2D eigenvalue weighted by Gasteiger charge is 2.30. The number of pyridine rings is 1. The highest BCUT2D eigenvalue weighted by molar-refractivity contribution is 6.06. The van der Waals surface area contributed by atoms with Gasteiger partial charge >= 0.3 is 6.18 Å². The number of rotatable bonds is 6. The Morgan fingerprint density at radius 2 is 1.57 bits per heavy atom. The Bertz CT molecular complexity index is 1420. The van der Waals surface area contributed by atoms with Crippen molar-refractivity contribution in [1.29, 1.82) is 0 Å². The van der Waals surface area contributed by atoms with E-state index in [2.05, 4.69) is 10.3 Å². The monoisotopic (exact) mass is 472 g/mol. The average Bonchev–Trinajstić information content (AvgIpc) is 2.87. The van der Waals surface area contributed by atoms with Gasteiger partial charge in [0.1, 0.15) is 6.29 Å². The molecule has 0 radical (unpaired) electrons. The Balaban J connectivity index is 1.62. The first kappa shape index (κ1) is 23.6. The molecule has 35 heavy (non-hydrogen) atoms. The number of nitrogens with one attached hydrogen (secondary N) is 1. The molecule has 4 aromatic rings. The number of carbonyl (C=O) groups excluding carboxylic acids is 2. The van der Waals surface area contributed by atoms with Gasteiger partial charge in [-0.15, -0.1) is 0 Å². The molecule has 1 amide bonds. The zero-order chi connectivity index (χ0) is 24.8. The molecule has 1 aromatic heterocycles. The lowest BCUT2D eigenvalue weighted by atomic mass is 9.95. The Morgan fingerprint density at radius 3 is 2.23 bits per heavy atom. The molecule has 0 saturated carbocycles. The molecule has 0 unspecified atom stereocenters. The summed E-state index contributed by atoms with van der Waals surface area (Å²) >= 11 is 0. The van der Waals surface area contributed by atoms with Crippen molar-refractivity contribution in [2.45, 2.75) is 6.18 Å². The molecule has 174 valence electrons. The van der Waals surface area contributed by atoms with Crippen LogP contribution in [0.5, 0.6) is 0 Å². The van der Waals surface area contributed by atoms with E-state index >= 15 is 0 Å². The number of hydrogen-bond donors (Lipinski definition) is 1. The Kier molecular flexibility index (Phi) is 6.87. The number of amides is 1. The molecule has 0 aliphatic rings. The molecule has 4 rings (SSSR count). The van der Waals surface area contributed by atoms with Crippen molar-refractivity contribution < 1.29 is 22.8 Å². The third kappa shape index (κ3) is 5.70. The minimum absolute atomic E-state index is 0.367. The minimum atomic E-state index is -4.44. The Labute approximate surface area is 199 Å². The van der Waals surface area contributed by atoms with Gasteiger partial charge in [0, 0.05) is 40.5 Å². The highest BCUT2D eigenvalue weighted by atomic mass is 19.4. The normalized spacial score (nSPS) is 12.1. The van der Waals surface area contributed by atoms with E-state index < -0.39 is 11.7 Å². The number of benzene rings is 3. The molecule has 1 N–H and O–H groups in total. The number of nitrogens with zero attached hydrogens (tertiary/aromatic N) is 1. The molecule has 4 nitrogen and oxygen atoms in total. The first-order valence-corrected chi connectivity index (χ1v) is 10.6. The maximum atomic E-state index is 13.0. The standard InChI is InChI=1S/C28H19F3N2O2/c29-28(30,31)23-13-11-21(12-14-23)24(20-9-7-19(18-34)8-10-20)4-2-6-27(35)33-26-5-1-3-22-17-32-16-15-25(22)26/h1-18H,(H,33,35)/b6-2+,24-4+. The number of fused-ring (bicyclic) bond motifs is 1. The molecule has 0 fully saturated rings. The van der Waals surface area contributed by atoms with Gasteiger partial charge in [0.05, 0.1) is 5.56 Å². The van der Waals surface area contributed by atoms with Gasteiger partial charge in [0.25, 0.3) is 0 Å². The second kappa shape index (κ2) is 10.2. The fraction of sp³-hybridized carbons (Fsp3) is 0.0357. The van der Waals surface area contributed by atoms with E-state index in [1.807, 2.05) is 12.1 Å². The molecule has 0 spiro atoms. The van der Waals surface area contributed by atoms with Crippen LogP contribution in [-0.2, 0) is 11.0 Å². The molecule has 3 aromatic carbocycles. The number of anilines is 1. The summed E-state index contributed by atoms with van der Waals surface area (Å²) < 4.78 is 39.0. The molecule has 0 saturated heterocycles. The summed E-state index contributed by atoms with van der Waals surface area (Å²) in [5.41, 5.74) is 2.16. The lowest BCUT2D eigenvalue weighted by Crippen LogP contribution is -2.08. The van der Waals surface area contributed by atoms with Gasteiger partial charge in [-0.3, -0.25) is 14.6 Å². The van der Waals surface area contributed by atoms with E-state index in [0.29, 0.717) is 34.2 Å². The van der Waals surface area contributed by atoms with Crippen molar-refractivity contribution >= 4 is 34.2 Å². The third-order valence-corrected chi connectivity index (χ3v) is 5.33.